The molecule has 23 heavy (non-hydrogen) atoms. The topological polar surface area (TPSA) is 27.3 Å². The van der Waals surface area contributed by atoms with Crippen molar-refractivity contribution in [1.29, 1.82) is 0 Å². The number of rotatable bonds is 5. The summed E-state index contributed by atoms with van der Waals surface area (Å²) in [5, 5.41) is 0. The van der Waals surface area contributed by atoms with Gasteiger partial charge in [0.15, 0.2) is 0 Å². The molecule has 2 aromatic rings. The zero-order valence-electron chi connectivity index (χ0n) is 14.0. The van der Waals surface area contributed by atoms with Gasteiger partial charge in [0.05, 0.1) is 19.8 Å². The lowest BCUT2D eigenvalue weighted by Crippen LogP contribution is -3.25. The Morgan fingerprint density at radius 2 is 1.61 bits per heavy atom. The van der Waals surface area contributed by atoms with E-state index in [0.717, 1.165) is 18.0 Å². The summed E-state index contributed by atoms with van der Waals surface area (Å²) in [7, 11) is 3.44. The van der Waals surface area contributed by atoms with Gasteiger partial charge in [0.2, 0.25) is 0 Å². The molecule has 122 valence electrons. The molecular weight excluding hydrogens is 288 g/mol. The number of nitrogens with one attached hydrogen (secondary N) is 2. The summed E-state index contributed by atoms with van der Waals surface area (Å²) in [5.41, 5.74) is 2.63. The number of hydrogen-bond acceptors (Lipinski definition) is 2. The molecule has 0 aliphatic carbocycles. The van der Waals surface area contributed by atoms with E-state index in [1.54, 1.807) is 24.0 Å². The fraction of sp³-hybridized carbons (Fsp3) is 0.368. The minimum atomic E-state index is 0.897. The van der Waals surface area contributed by atoms with Crippen molar-refractivity contribution in [1.82, 2.24) is 0 Å². The lowest BCUT2D eigenvalue weighted by molar-refractivity contribution is -0.994. The van der Waals surface area contributed by atoms with Crippen LogP contribution in [0.15, 0.2) is 48.5 Å². The molecule has 0 aromatic heterocycles. The van der Waals surface area contributed by atoms with E-state index >= 15 is 0 Å². The molecule has 1 aliphatic rings. The minimum absolute atomic E-state index is 0.897. The number of hydrogen-bond donors (Lipinski definition) is 2. The maximum Gasteiger partial charge on any atom is 0.132 e. The van der Waals surface area contributed by atoms with Crippen LogP contribution in [0.3, 0.4) is 0 Å². The third-order valence-corrected chi connectivity index (χ3v) is 4.67. The van der Waals surface area contributed by atoms with Crippen molar-refractivity contribution < 1.29 is 19.3 Å². The second kappa shape index (κ2) is 7.49. The maximum atomic E-state index is 5.50. The molecule has 1 aliphatic heterocycles. The van der Waals surface area contributed by atoms with Crippen LogP contribution in [0, 0.1) is 0 Å². The van der Waals surface area contributed by atoms with Gasteiger partial charge >= 0.3 is 0 Å². The largest absolute Gasteiger partial charge is 0.497 e. The Kier molecular flexibility index (Phi) is 5.16. The van der Waals surface area contributed by atoms with Gasteiger partial charge in [-0.05, 0) is 30.3 Å². The van der Waals surface area contributed by atoms with Crippen molar-refractivity contribution in [3.63, 3.8) is 0 Å². The highest BCUT2D eigenvalue weighted by molar-refractivity contribution is 5.39. The molecule has 4 nitrogen and oxygen atoms in total. The number of piperazine rings is 1. The van der Waals surface area contributed by atoms with Crippen LogP contribution in [0.5, 0.6) is 11.5 Å². The summed E-state index contributed by atoms with van der Waals surface area (Å²) in [6.07, 6.45) is 0. The first-order valence-corrected chi connectivity index (χ1v) is 8.24. The van der Waals surface area contributed by atoms with Crippen LogP contribution in [-0.2, 0) is 6.54 Å². The standard InChI is InChI=1S/C19H24N2O2/c1-22-18-8-9-19(23-2)16(14-18)15-20-10-12-21(13-11-20)17-6-4-3-5-7-17/h3-9,14H,10-13,15H2,1-2H3/p+2. The molecule has 0 saturated carbocycles. The molecule has 1 heterocycles. The Labute approximate surface area is 138 Å². The average molecular weight is 314 g/mol. The van der Waals surface area contributed by atoms with Crippen molar-refractivity contribution in [3.8, 4) is 11.5 Å². The fourth-order valence-corrected chi connectivity index (χ4v) is 3.33. The zero-order chi connectivity index (χ0) is 16.1. The van der Waals surface area contributed by atoms with Gasteiger partial charge in [-0.25, -0.2) is 0 Å². The molecular formula is C19H26N2O2+2. The highest BCUT2D eigenvalue weighted by atomic mass is 16.5. The SMILES string of the molecule is COc1ccc(OC)c(C[NH+]2CC[NH+](c3ccccc3)CC2)c1. The monoisotopic (exact) mass is 314 g/mol. The third kappa shape index (κ3) is 3.84. The summed E-state index contributed by atoms with van der Waals surface area (Å²) in [4.78, 5) is 3.20. The number of methoxy groups -OCH3 is 2. The van der Waals surface area contributed by atoms with Gasteiger partial charge in [0, 0.05) is 0 Å². The second-order valence-electron chi connectivity index (χ2n) is 6.07. The van der Waals surface area contributed by atoms with Gasteiger partial charge in [-0.3, -0.25) is 4.90 Å². The van der Waals surface area contributed by atoms with Gasteiger partial charge in [-0.2, -0.15) is 0 Å². The first kappa shape index (κ1) is 15.8. The molecule has 0 radical (unpaired) electrons. The van der Waals surface area contributed by atoms with Crippen molar-refractivity contribution >= 4 is 5.69 Å². The van der Waals surface area contributed by atoms with Crippen LogP contribution in [-0.4, -0.2) is 40.4 Å². The van der Waals surface area contributed by atoms with Gasteiger partial charge in [-0.15, -0.1) is 0 Å². The number of ether oxygens (including phenoxy) is 2. The average Bonchev–Trinajstić information content (AvgIpc) is 2.63. The smallest absolute Gasteiger partial charge is 0.132 e. The minimum Gasteiger partial charge on any atom is -0.497 e. The first-order valence-electron chi connectivity index (χ1n) is 8.24. The number of para-hydroxylation sites is 1. The fourth-order valence-electron chi connectivity index (χ4n) is 3.33. The van der Waals surface area contributed by atoms with E-state index in [1.165, 1.54) is 37.4 Å². The molecule has 4 heteroatoms. The lowest BCUT2D eigenvalue weighted by atomic mass is 10.1. The van der Waals surface area contributed by atoms with E-state index in [2.05, 4.69) is 36.4 Å². The van der Waals surface area contributed by atoms with Crippen molar-refractivity contribution in [2.75, 3.05) is 40.4 Å². The van der Waals surface area contributed by atoms with Gasteiger partial charge in [-0.1, -0.05) is 18.2 Å². The van der Waals surface area contributed by atoms with E-state index in [1.807, 2.05) is 12.1 Å². The van der Waals surface area contributed by atoms with E-state index in [-0.39, 0.29) is 0 Å². The van der Waals surface area contributed by atoms with Crippen LogP contribution >= 0.6 is 0 Å². The molecule has 1 fully saturated rings. The highest BCUT2D eigenvalue weighted by Gasteiger charge is 2.25. The van der Waals surface area contributed by atoms with Crippen LogP contribution in [0.1, 0.15) is 5.56 Å². The predicted octanol–water partition coefficient (Wildman–Crippen LogP) is 0.319. The van der Waals surface area contributed by atoms with Gasteiger partial charge in [0.25, 0.3) is 0 Å². The summed E-state index contributed by atoms with van der Waals surface area (Å²) in [6, 6.07) is 16.8. The van der Waals surface area contributed by atoms with Gasteiger partial charge in [0.1, 0.15) is 49.9 Å². The Bertz CT molecular complexity index is 623. The maximum absolute atomic E-state index is 5.50. The Morgan fingerprint density at radius 3 is 2.26 bits per heavy atom. The van der Waals surface area contributed by atoms with Crippen molar-refractivity contribution in [3.05, 3.63) is 54.1 Å². The Morgan fingerprint density at radius 1 is 0.870 bits per heavy atom. The van der Waals surface area contributed by atoms with E-state index < -0.39 is 0 Å². The molecule has 1 saturated heterocycles. The molecule has 0 spiro atoms. The first-order chi connectivity index (χ1) is 11.3. The zero-order valence-corrected chi connectivity index (χ0v) is 14.0. The van der Waals surface area contributed by atoms with Crippen LogP contribution in [0.4, 0.5) is 5.69 Å². The molecule has 3 rings (SSSR count). The highest BCUT2D eigenvalue weighted by Crippen LogP contribution is 2.23. The molecule has 2 aromatic carbocycles. The normalized spacial score (nSPS) is 21.0. The van der Waals surface area contributed by atoms with Crippen LogP contribution in [0.25, 0.3) is 0 Å². The van der Waals surface area contributed by atoms with Gasteiger partial charge < -0.3 is 14.4 Å². The Balaban J connectivity index is 1.63. The van der Waals surface area contributed by atoms with E-state index in [0.29, 0.717) is 0 Å². The molecule has 0 amide bonds. The summed E-state index contributed by atoms with van der Waals surface area (Å²) < 4.78 is 10.9. The number of benzene rings is 2. The quantitative estimate of drug-likeness (QED) is 0.832. The van der Waals surface area contributed by atoms with Crippen molar-refractivity contribution in [2.45, 2.75) is 6.54 Å². The molecule has 2 N–H and O–H groups in total. The van der Waals surface area contributed by atoms with E-state index in [9.17, 15) is 0 Å². The number of quaternary nitrogens is 2. The van der Waals surface area contributed by atoms with Crippen molar-refractivity contribution in [2.24, 2.45) is 0 Å². The summed E-state index contributed by atoms with van der Waals surface area (Å²) >= 11 is 0. The van der Waals surface area contributed by atoms with Crippen LogP contribution in [0.2, 0.25) is 0 Å². The van der Waals surface area contributed by atoms with Crippen LogP contribution < -0.4 is 19.3 Å². The predicted molar refractivity (Wildman–Crippen MR) is 90.7 cm³/mol. The lowest BCUT2D eigenvalue weighted by Gasteiger charge is -2.29. The summed E-state index contributed by atoms with van der Waals surface area (Å²) in [5.74, 6) is 1.85. The van der Waals surface area contributed by atoms with E-state index in [4.69, 9.17) is 9.47 Å². The molecule has 0 bridgehead atoms. The molecule has 0 atom stereocenters. The third-order valence-electron chi connectivity index (χ3n) is 4.67. The Hall–Kier alpha value is -2.04. The second-order valence-corrected chi connectivity index (χ2v) is 6.07. The summed E-state index contributed by atoms with van der Waals surface area (Å²) in [6.45, 7) is 5.68. The molecule has 0 unspecified atom stereocenters.